The summed E-state index contributed by atoms with van der Waals surface area (Å²) in [5.74, 6) is 0.973. The van der Waals surface area contributed by atoms with E-state index >= 15 is 0 Å². The predicted octanol–water partition coefficient (Wildman–Crippen LogP) is 2.72. The average Bonchev–Trinajstić information content (AvgIpc) is 2.83. The predicted molar refractivity (Wildman–Crippen MR) is 71.1 cm³/mol. The third-order valence-electron chi connectivity index (χ3n) is 3.54. The number of benzene rings is 2. The van der Waals surface area contributed by atoms with Gasteiger partial charge in [0.05, 0.1) is 5.56 Å². The molecule has 0 saturated heterocycles. The van der Waals surface area contributed by atoms with Crippen LogP contribution in [0.4, 0.5) is 0 Å². The minimum absolute atomic E-state index is 0.314. The molecule has 20 heavy (non-hydrogen) atoms. The number of carbonyl (C=O) groups is 1. The summed E-state index contributed by atoms with van der Waals surface area (Å²) >= 11 is 0. The molecule has 0 aromatic heterocycles. The Morgan fingerprint density at radius 2 is 1.65 bits per heavy atom. The van der Waals surface area contributed by atoms with E-state index in [9.17, 15) is 4.79 Å². The molecule has 4 rings (SSSR count). The van der Waals surface area contributed by atoms with Gasteiger partial charge in [0.2, 0.25) is 0 Å². The number of hydrogen-bond acceptors (Lipinski definition) is 4. The molecule has 0 aliphatic carbocycles. The second-order valence-corrected chi connectivity index (χ2v) is 4.78. The van der Waals surface area contributed by atoms with Crippen LogP contribution in [0, 0.1) is 0 Å². The molecule has 0 N–H and O–H groups in total. The Morgan fingerprint density at radius 1 is 0.950 bits per heavy atom. The molecule has 0 bridgehead atoms. The molecule has 0 spiro atoms. The van der Waals surface area contributed by atoms with Gasteiger partial charge in [-0.3, -0.25) is 0 Å². The topological polar surface area (TPSA) is 44.8 Å². The van der Waals surface area contributed by atoms with E-state index in [1.54, 1.807) is 6.07 Å². The van der Waals surface area contributed by atoms with Crippen molar-refractivity contribution in [3.05, 3.63) is 59.2 Å². The molecule has 0 fully saturated rings. The molecule has 0 amide bonds. The van der Waals surface area contributed by atoms with Crippen LogP contribution in [0.15, 0.2) is 42.5 Å². The summed E-state index contributed by atoms with van der Waals surface area (Å²) in [4.78, 5) is 12.0. The Bertz CT molecular complexity index is 678. The van der Waals surface area contributed by atoms with E-state index < -0.39 is 0 Å². The van der Waals surface area contributed by atoms with Gasteiger partial charge in [0.15, 0.2) is 17.6 Å². The van der Waals surface area contributed by atoms with Crippen LogP contribution >= 0.6 is 0 Å². The summed E-state index contributed by atoms with van der Waals surface area (Å²) in [6, 6.07) is 13.3. The minimum atomic E-state index is -0.366. The number of rotatable bonds is 1. The van der Waals surface area contributed by atoms with Crippen LogP contribution in [0.5, 0.6) is 11.5 Å². The van der Waals surface area contributed by atoms with Crippen molar-refractivity contribution in [2.45, 2.75) is 6.10 Å². The molecule has 0 radical (unpaired) electrons. The van der Waals surface area contributed by atoms with Gasteiger partial charge in [-0.15, -0.1) is 0 Å². The van der Waals surface area contributed by atoms with Gasteiger partial charge < -0.3 is 14.2 Å². The van der Waals surface area contributed by atoms with E-state index in [-0.39, 0.29) is 12.1 Å². The van der Waals surface area contributed by atoms with Crippen molar-refractivity contribution in [3.63, 3.8) is 0 Å². The summed E-state index contributed by atoms with van der Waals surface area (Å²) in [5.41, 5.74) is 2.35. The first-order chi connectivity index (χ1) is 9.83. The van der Waals surface area contributed by atoms with Crippen LogP contribution in [-0.2, 0) is 4.74 Å². The van der Waals surface area contributed by atoms with Gasteiger partial charge in [-0.25, -0.2) is 4.79 Å². The third-order valence-corrected chi connectivity index (χ3v) is 3.54. The summed E-state index contributed by atoms with van der Waals surface area (Å²) in [6.45, 7) is 1.03. The van der Waals surface area contributed by atoms with Crippen LogP contribution in [0.3, 0.4) is 0 Å². The number of cyclic esters (lactones) is 1. The number of esters is 1. The number of fused-ring (bicyclic) bond motifs is 2. The van der Waals surface area contributed by atoms with Crippen LogP contribution in [0.2, 0.25) is 0 Å². The van der Waals surface area contributed by atoms with E-state index in [0.29, 0.717) is 30.3 Å². The molecule has 2 aromatic carbocycles. The fourth-order valence-corrected chi connectivity index (χ4v) is 2.61. The van der Waals surface area contributed by atoms with E-state index in [2.05, 4.69) is 0 Å². The second kappa shape index (κ2) is 4.27. The second-order valence-electron chi connectivity index (χ2n) is 4.78. The highest BCUT2D eigenvalue weighted by Gasteiger charge is 2.34. The van der Waals surface area contributed by atoms with Crippen LogP contribution in [-0.4, -0.2) is 19.2 Å². The Balaban J connectivity index is 1.84. The van der Waals surface area contributed by atoms with Gasteiger partial charge in [-0.2, -0.15) is 0 Å². The fourth-order valence-electron chi connectivity index (χ4n) is 2.61. The molecular weight excluding hydrogens is 256 g/mol. The zero-order valence-electron chi connectivity index (χ0n) is 10.7. The normalized spacial score (nSPS) is 19.4. The highest BCUT2D eigenvalue weighted by Crippen LogP contribution is 2.42. The van der Waals surface area contributed by atoms with Crippen molar-refractivity contribution in [2.75, 3.05) is 13.2 Å². The van der Waals surface area contributed by atoms with Gasteiger partial charge in [0.1, 0.15) is 13.2 Å². The van der Waals surface area contributed by atoms with E-state index in [1.807, 2.05) is 36.4 Å². The summed E-state index contributed by atoms with van der Waals surface area (Å²) in [6.07, 6.45) is -0.366. The molecule has 100 valence electrons. The molecule has 0 saturated carbocycles. The Labute approximate surface area is 115 Å². The maximum absolute atomic E-state index is 12.0. The largest absolute Gasteiger partial charge is 0.486 e. The zero-order valence-corrected chi connectivity index (χ0v) is 10.7. The number of hydrogen-bond donors (Lipinski definition) is 0. The molecule has 2 heterocycles. The zero-order chi connectivity index (χ0) is 13.5. The lowest BCUT2D eigenvalue weighted by molar-refractivity contribution is 0.0455. The quantitative estimate of drug-likeness (QED) is 0.746. The molecule has 2 aliphatic rings. The number of ether oxygens (including phenoxy) is 3. The third kappa shape index (κ3) is 1.65. The Hall–Kier alpha value is -2.49. The monoisotopic (exact) mass is 268 g/mol. The Morgan fingerprint density at radius 3 is 2.40 bits per heavy atom. The first kappa shape index (κ1) is 11.3. The lowest BCUT2D eigenvalue weighted by Gasteiger charge is -2.19. The first-order valence-corrected chi connectivity index (χ1v) is 6.52. The molecule has 2 aromatic rings. The van der Waals surface area contributed by atoms with Crippen LogP contribution in [0.1, 0.15) is 27.6 Å². The van der Waals surface area contributed by atoms with Crippen LogP contribution in [0.25, 0.3) is 0 Å². The molecule has 2 aliphatic heterocycles. The lowest BCUT2D eigenvalue weighted by atomic mass is 9.98. The van der Waals surface area contributed by atoms with Crippen molar-refractivity contribution in [1.82, 2.24) is 0 Å². The first-order valence-electron chi connectivity index (χ1n) is 6.52. The summed E-state index contributed by atoms with van der Waals surface area (Å²) in [5, 5.41) is 0. The van der Waals surface area contributed by atoms with Gasteiger partial charge in [-0.05, 0) is 17.7 Å². The van der Waals surface area contributed by atoms with E-state index in [0.717, 1.165) is 11.1 Å². The fraction of sp³-hybridized carbons (Fsp3) is 0.188. The smallest absolute Gasteiger partial charge is 0.339 e. The van der Waals surface area contributed by atoms with Crippen molar-refractivity contribution in [1.29, 1.82) is 0 Å². The standard InChI is InChI=1S/C16H12O4/c17-16-12-9-14-13(18-6-7-19-14)8-11(12)15(20-16)10-4-2-1-3-5-10/h1-5,8-9,15H,6-7H2. The van der Waals surface area contributed by atoms with Crippen LogP contribution < -0.4 is 9.47 Å². The SMILES string of the molecule is O=C1OC(c2ccccc2)c2cc3c(cc21)OCCO3. The van der Waals surface area contributed by atoms with Crippen molar-refractivity contribution in [3.8, 4) is 11.5 Å². The molecule has 1 unspecified atom stereocenters. The van der Waals surface area contributed by atoms with Gasteiger partial charge in [0.25, 0.3) is 0 Å². The summed E-state index contributed by atoms with van der Waals surface area (Å²) < 4.78 is 16.6. The molecular formula is C16H12O4. The molecule has 1 atom stereocenters. The molecule has 4 nitrogen and oxygen atoms in total. The Kier molecular flexibility index (Phi) is 2.42. The van der Waals surface area contributed by atoms with Gasteiger partial charge in [0, 0.05) is 5.56 Å². The highest BCUT2D eigenvalue weighted by molar-refractivity contribution is 5.95. The van der Waals surface area contributed by atoms with E-state index in [1.165, 1.54) is 0 Å². The van der Waals surface area contributed by atoms with Crippen molar-refractivity contribution in [2.24, 2.45) is 0 Å². The van der Waals surface area contributed by atoms with Crippen molar-refractivity contribution < 1.29 is 19.0 Å². The average molecular weight is 268 g/mol. The minimum Gasteiger partial charge on any atom is -0.486 e. The van der Waals surface area contributed by atoms with E-state index in [4.69, 9.17) is 14.2 Å². The van der Waals surface area contributed by atoms with Gasteiger partial charge >= 0.3 is 5.97 Å². The molecule has 4 heteroatoms. The highest BCUT2D eigenvalue weighted by atomic mass is 16.6. The number of carbonyl (C=O) groups excluding carboxylic acids is 1. The van der Waals surface area contributed by atoms with Crippen molar-refractivity contribution >= 4 is 5.97 Å². The maximum Gasteiger partial charge on any atom is 0.339 e. The lowest BCUT2D eigenvalue weighted by Crippen LogP contribution is -2.16. The van der Waals surface area contributed by atoms with Gasteiger partial charge in [-0.1, -0.05) is 30.3 Å². The summed E-state index contributed by atoms with van der Waals surface area (Å²) in [7, 11) is 0. The maximum atomic E-state index is 12.0.